The lowest BCUT2D eigenvalue weighted by Crippen LogP contribution is -2.41. The standard InChI is InChI=1S/C19H23N5/c1-4-19(3,20-14-16-8-6-5-7-9-16)18-21-22-23-24(18)17-12-10-15(2)11-13-17/h5-13,20H,4,14H2,1-3H3/t19-/m1/s1. The van der Waals surface area contributed by atoms with E-state index >= 15 is 0 Å². The van der Waals surface area contributed by atoms with E-state index in [0.717, 1.165) is 24.5 Å². The van der Waals surface area contributed by atoms with E-state index in [4.69, 9.17) is 0 Å². The van der Waals surface area contributed by atoms with Gasteiger partial charge in [-0.15, -0.1) is 5.10 Å². The Hall–Kier alpha value is -2.53. The molecule has 5 heteroatoms. The predicted octanol–water partition coefficient (Wildman–Crippen LogP) is 3.39. The first-order valence-corrected chi connectivity index (χ1v) is 8.27. The van der Waals surface area contributed by atoms with Gasteiger partial charge in [0.15, 0.2) is 5.82 Å². The summed E-state index contributed by atoms with van der Waals surface area (Å²) in [7, 11) is 0. The van der Waals surface area contributed by atoms with E-state index in [1.807, 2.05) is 22.9 Å². The van der Waals surface area contributed by atoms with Crippen LogP contribution in [0.4, 0.5) is 0 Å². The van der Waals surface area contributed by atoms with Crippen molar-refractivity contribution in [2.24, 2.45) is 0 Å². The van der Waals surface area contributed by atoms with E-state index in [1.54, 1.807) is 0 Å². The van der Waals surface area contributed by atoms with Crippen LogP contribution in [0.15, 0.2) is 54.6 Å². The van der Waals surface area contributed by atoms with Crippen LogP contribution in [-0.4, -0.2) is 20.2 Å². The highest BCUT2D eigenvalue weighted by Crippen LogP contribution is 2.24. The molecule has 0 fully saturated rings. The Morgan fingerprint density at radius 1 is 1.04 bits per heavy atom. The summed E-state index contributed by atoms with van der Waals surface area (Å²) in [5.74, 6) is 0.824. The van der Waals surface area contributed by atoms with Gasteiger partial charge < -0.3 is 5.32 Å². The third-order valence-corrected chi connectivity index (χ3v) is 4.47. The number of rotatable bonds is 6. The molecule has 3 rings (SSSR count). The van der Waals surface area contributed by atoms with E-state index in [-0.39, 0.29) is 5.54 Å². The number of benzene rings is 2. The molecule has 0 saturated heterocycles. The van der Waals surface area contributed by atoms with E-state index in [9.17, 15) is 0 Å². The van der Waals surface area contributed by atoms with Crippen LogP contribution in [-0.2, 0) is 12.1 Å². The van der Waals surface area contributed by atoms with E-state index < -0.39 is 0 Å². The smallest absolute Gasteiger partial charge is 0.176 e. The highest BCUT2D eigenvalue weighted by molar-refractivity contribution is 5.34. The molecule has 1 atom stereocenters. The molecule has 0 radical (unpaired) electrons. The van der Waals surface area contributed by atoms with Crippen LogP contribution >= 0.6 is 0 Å². The maximum absolute atomic E-state index is 4.31. The van der Waals surface area contributed by atoms with Crippen molar-refractivity contribution >= 4 is 0 Å². The third kappa shape index (κ3) is 3.36. The minimum atomic E-state index is -0.315. The number of nitrogens with one attached hydrogen (secondary N) is 1. The molecular weight excluding hydrogens is 298 g/mol. The normalized spacial score (nSPS) is 13.6. The van der Waals surface area contributed by atoms with Crippen molar-refractivity contribution in [1.29, 1.82) is 0 Å². The van der Waals surface area contributed by atoms with E-state index in [0.29, 0.717) is 0 Å². The maximum Gasteiger partial charge on any atom is 0.176 e. The molecule has 0 spiro atoms. The Kier molecular flexibility index (Phi) is 4.71. The SMILES string of the molecule is CC[C@@](C)(NCc1ccccc1)c1nnnn1-c1ccc(C)cc1. The van der Waals surface area contributed by atoms with Gasteiger partial charge in [-0.1, -0.05) is 55.0 Å². The lowest BCUT2D eigenvalue weighted by molar-refractivity contribution is 0.324. The second-order valence-corrected chi connectivity index (χ2v) is 6.27. The van der Waals surface area contributed by atoms with Crippen molar-refractivity contribution in [3.63, 3.8) is 0 Å². The summed E-state index contributed by atoms with van der Waals surface area (Å²) in [6, 6.07) is 18.6. The Morgan fingerprint density at radius 3 is 2.42 bits per heavy atom. The molecule has 2 aromatic carbocycles. The highest BCUT2D eigenvalue weighted by atomic mass is 15.6. The highest BCUT2D eigenvalue weighted by Gasteiger charge is 2.31. The summed E-state index contributed by atoms with van der Waals surface area (Å²) in [6.07, 6.45) is 0.881. The van der Waals surface area contributed by atoms with Crippen LogP contribution in [0.2, 0.25) is 0 Å². The van der Waals surface area contributed by atoms with Crippen LogP contribution in [0.5, 0.6) is 0 Å². The summed E-state index contributed by atoms with van der Waals surface area (Å²) in [4.78, 5) is 0. The zero-order valence-corrected chi connectivity index (χ0v) is 14.4. The van der Waals surface area contributed by atoms with Gasteiger partial charge in [0.2, 0.25) is 0 Å². The van der Waals surface area contributed by atoms with Gasteiger partial charge in [-0.05, 0) is 48.4 Å². The zero-order valence-electron chi connectivity index (χ0n) is 14.4. The Bertz CT molecular complexity index is 779. The zero-order chi connectivity index (χ0) is 17.0. The van der Waals surface area contributed by atoms with Crippen LogP contribution in [0.25, 0.3) is 5.69 Å². The fourth-order valence-corrected chi connectivity index (χ4v) is 2.65. The number of aryl methyl sites for hydroxylation is 1. The second-order valence-electron chi connectivity index (χ2n) is 6.27. The average Bonchev–Trinajstić information content (AvgIpc) is 3.12. The fraction of sp³-hybridized carbons (Fsp3) is 0.316. The van der Waals surface area contributed by atoms with Crippen molar-refractivity contribution in [3.05, 3.63) is 71.5 Å². The molecule has 0 amide bonds. The van der Waals surface area contributed by atoms with Crippen molar-refractivity contribution < 1.29 is 0 Å². The quantitative estimate of drug-likeness (QED) is 0.756. The van der Waals surface area contributed by atoms with Crippen molar-refractivity contribution in [3.8, 4) is 5.69 Å². The number of tetrazole rings is 1. The number of hydrogen-bond acceptors (Lipinski definition) is 4. The summed E-state index contributed by atoms with van der Waals surface area (Å²) in [5, 5.41) is 16.0. The number of nitrogens with zero attached hydrogens (tertiary/aromatic N) is 4. The second kappa shape index (κ2) is 6.93. The van der Waals surface area contributed by atoms with E-state index in [2.05, 4.69) is 78.0 Å². The molecule has 1 aromatic heterocycles. The van der Waals surface area contributed by atoms with Crippen molar-refractivity contribution in [2.45, 2.75) is 39.3 Å². The van der Waals surface area contributed by atoms with Gasteiger partial charge in [-0.25, -0.2) is 0 Å². The maximum atomic E-state index is 4.31. The van der Waals surface area contributed by atoms with Gasteiger partial charge >= 0.3 is 0 Å². The first-order chi connectivity index (χ1) is 11.6. The van der Waals surface area contributed by atoms with Crippen LogP contribution in [0.3, 0.4) is 0 Å². The minimum absolute atomic E-state index is 0.315. The van der Waals surface area contributed by atoms with Gasteiger partial charge in [0.1, 0.15) is 0 Å². The Morgan fingerprint density at radius 2 is 1.75 bits per heavy atom. The summed E-state index contributed by atoms with van der Waals surface area (Å²) in [5.41, 5.74) is 3.12. The molecule has 124 valence electrons. The molecule has 0 aliphatic carbocycles. The monoisotopic (exact) mass is 321 g/mol. The first kappa shape index (κ1) is 16.3. The van der Waals surface area contributed by atoms with Crippen molar-refractivity contribution in [2.75, 3.05) is 0 Å². The van der Waals surface area contributed by atoms with Gasteiger partial charge in [0.05, 0.1) is 11.2 Å². The lowest BCUT2D eigenvalue weighted by Gasteiger charge is -2.28. The number of hydrogen-bond donors (Lipinski definition) is 1. The number of aromatic nitrogens is 4. The Balaban J connectivity index is 1.88. The fourth-order valence-electron chi connectivity index (χ4n) is 2.65. The summed E-state index contributed by atoms with van der Waals surface area (Å²) in [6.45, 7) is 7.13. The first-order valence-electron chi connectivity index (χ1n) is 8.27. The van der Waals surface area contributed by atoms with Crippen LogP contribution in [0, 0.1) is 6.92 Å². The lowest BCUT2D eigenvalue weighted by atomic mass is 9.97. The molecule has 1 heterocycles. The van der Waals surface area contributed by atoms with Crippen LogP contribution in [0.1, 0.15) is 37.2 Å². The largest absolute Gasteiger partial charge is 0.301 e. The van der Waals surface area contributed by atoms with Gasteiger partial charge in [-0.2, -0.15) is 4.68 Å². The minimum Gasteiger partial charge on any atom is -0.301 e. The Labute approximate surface area is 142 Å². The molecule has 0 saturated carbocycles. The molecule has 0 aliphatic heterocycles. The van der Waals surface area contributed by atoms with E-state index in [1.165, 1.54) is 11.1 Å². The molecule has 0 unspecified atom stereocenters. The summed E-state index contributed by atoms with van der Waals surface area (Å²) >= 11 is 0. The molecule has 3 aromatic rings. The molecule has 5 nitrogen and oxygen atoms in total. The third-order valence-electron chi connectivity index (χ3n) is 4.47. The molecular formula is C19H23N5. The predicted molar refractivity (Wildman–Crippen MR) is 94.8 cm³/mol. The summed E-state index contributed by atoms with van der Waals surface area (Å²) < 4.78 is 1.82. The van der Waals surface area contributed by atoms with Crippen LogP contribution < -0.4 is 5.32 Å². The van der Waals surface area contributed by atoms with Gasteiger partial charge in [0, 0.05) is 6.54 Å². The topological polar surface area (TPSA) is 55.6 Å². The molecule has 0 aliphatic rings. The van der Waals surface area contributed by atoms with Gasteiger partial charge in [0.25, 0.3) is 0 Å². The average molecular weight is 321 g/mol. The molecule has 24 heavy (non-hydrogen) atoms. The molecule has 1 N–H and O–H groups in total. The van der Waals surface area contributed by atoms with Crippen molar-refractivity contribution in [1.82, 2.24) is 25.5 Å². The molecule has 0 bridgehead atoms. The van der Waals surface area contributed by atoms with Gasteiger partial charge in [-0.3, -0.25) is 0 Å².